The molecule has 78 valence electrons. The van der Waals surface area contributed by atoms with Gasteiger partial charge in [-0.2, -0.15) is 0 Å². The first-order chi connectivity index (χ1) is 7.22. The summed E-state index contributed by atoms with van der Waals surface area (Å²) in [6.45, 7) is 0.888. The van der Waals surface area contributed by atoms with Crippen molar-refractivity contribution in [3.05, 3.63) is 46.6 Å². The molecule has 2 rings (SSSR count). The van der Waals surface area contributed by atoms with Crippen LogP contribution in [0.1, 0.15) is 0 Å². The van der Waals surface area contributed by atoms with E-state index in [1.54, 1.807) is 12.3 Å². The summed E-state index contributed by atoms with van der Waals surface area (Å²) in [4.78, 5) is 11.8. The molecular weight excluding hydrogens is 195 g/mol. The van der Waals surface area contributed by atoms with Gasteiger partial charge in [-0.25, -0.2) is 4.39 Å². The molecule has 2 aromatic rings. The number of nitrogens with two attached hydrogens (primary N) is 1. The van der Waals surface area contributed by atoms with Gasteiger partial charge in [-0.05, 0) is 29.7 Å². The van der Waals surface area contributed by atoms with Crippen LogP contribution in [0.3, 0.4) is 0 Å². The van der Waals surface area contributed by atoms with Crippen LogP contribution >= 0.6 is 0 Å². The van der Waals surface area contributed by atoms with Crippen molar-refractivity contribution in [3.63, 3.8) is 0 Å². The Kier molecular flexibility index (Phi) is 2.51. The maximum atomic E-state index is 12.9. The van der Waals surface area contributed by atoms with Crippen LogP contribution < -0.4 is 11.3 Å². The third-order valence-corrected chi connectivity index (χ3v) is 2.31. The number of aromatic nitrogens is 1. The minimum Gasteiger partial charge on any atom is -0.329 e. The Balaban J connectivity index is 2.69. The summed E-state index contributed by atoms with van der Waals surface area (Å²) < 4.78 is 14.4. The molecule has 0 fully saturated rings. The van der Waals surface area contributed by atoms with E-state index in [9.17, 15) is 9.18 Å². The van der Waals surface area contributed by atoms with Crippen LogP contribution in [0.4, 0.5) is 4.39 Å². The van der Waals surface area contributed by atoms with E-state index < -0.39 is 0 Å². The van der Waals surface area contributed by atoms with Gasteiger partial charge in [0.25, 0.3) is 5.56 Å². The Morgan fingerprint density at radius 3 is 2.87 bits per heavy atom. The highest BCUT2D eigenvalue weighted by molar-refractivity contribution is 5.81. The fourth-order valence-electron chi connectivity index (χ4n) is 1.57. The van der Waals surface area contributed by atoms with Crippen molar-refractivity contribution in [2.75, 3.05) is 6.54 Å². The smallest absolute Gasteiger partial charge is 0.258 e. The molecule has 0 aliphatic carbocycles. The maximum Gasteiger partial charge on any atom is 0.258 e. The lowest BCUT2D eigenvalue weighted by Gasteiger charge is -2.05. The first-order valence-electron chi connectivity index (χ1n) is 4.71. The van der Waals surface area contributed by atoms with Gasteiger partial charge in [0.2, 0.25) is 0 Å². The summed E-state index contributed by atoms with van der Waals surface area (Å²) in [6.07, 6.45) is 1.64. The van der Waals surface area contributed by atoms with Gasteiger partial charge in [-0.15, -0.1) is 0 Å². The van der Waals surface area contributed by atoms with Crippen molar-refractivity contribution < 1.29 is 4.39 Å². The van der Waals surface area contributed by atoms with E-state index >= 15 is 0 Å². The molecule has 0 spiro atoms. The van der Waals surface area contributed by atoms with Crippen molar-refractivity contribution in [1.29, 1.82) is 0 Å². The minimum absolute atomic E-state index is 0.127. The minimum atomic E-state index is -0.335. The highest BCUT2D eigenvalue weighted by Crippen LogP contribution is 2.10. The summed E-state index contributed by atoms with van der Waals surface area (Å²) in [7, 11) is 0. The van der Waals surface area contributed by atoms with Crippen LogP contribution in [0.5, 0.6) is 0 Å². The molecule has 3 nitrogen and oxygen atoms in total. The molecule has 0 aliphatic rings. The van der Waals surface area contributed by atoms with Crippen LogP contribution in [0, 0.1) is 5.82 Å². The van der Waals surface area contributed by atoms with Crippen LogP contribution in [-0.2, 0) is 6.54 Å². The molecular formula is C11H11FN2O. The summed E-state index contributed by atoms with van der Waals surface area (Å²) in [5, 5.41) is 1.14. The zero-order valence-electron chi connectivity index (χ0n) is 8.11. The molecule has 0 unspecified atom stereocenters. The monoisotopic (exact) mass is 206 g/mol. The van der Waals surface area contributed by atoms with Crippen LogP contribution in [-0.4, -0.2) is 11.1 Å². The van der Waals surface area contributed by atoms with Gasteiger partial charge < -0.3 is 10.3 Å². The molecule has 0 radical (unpaired) electrons. The number of halogens is 1. The van der Waals surface area contributed by atoms with Crippen molar-refractivity contribution in [1.82, 2.24) is 4.57 Å². The van der Waals surface area contributed by atoms with Crippen LogP contribution in [0.25, 0.3) is 10.8 Å². The second-order valence-electron chi connectivity index (χ2n) is 3.33. The lowest BCUT2D eigenvalue weighted by atomic mass is 10.2. The van der Waals surface area contributed by atoms with E-state index in [1.807, 2.05) is 0 Å². The van der Waals surface area contributed by atoms with Gasteiger partial charge in [0.05, 0.1) is 0 Å². The fraction of sp³-hybridized carbons (Fsp3) is 0.182. The van der Waals surface area contributed by atoms with Crippen molar-refractivity contribution in [3.8, 4) is 0 Å². The Hall–Kier alpha value is -1.68. The Bertz CT molecular complexity index is 548. The second kappa shape index (κ2) is 3.82. The molecule has 1 aromatic heterocycles. The number of pyridine rings is 1. The van der Waals surface area contributed by atoms with Gasteiger partial charge >= 0.3 is 0 Å². The first kappa shape index (κ1) is 9.86. The molecule has 0 saturated heterocycles. The molecule has 0 aliphatic heterocycles. The van der Waals surface area contributed by atoms with Gasteiger partial charge in [-0.3, -0.25) is 4.79 Å². The Morgan fingerprint density at radius 1 is 1.33 bits per heavy atom. The van der Waals surface area contributed by atoms with Gasteiger partial charge in [0.1, 0.15) is 5.82 Å². The average Bonchev–Trinajstić information content (AvgIpc) is 2.22. The molecule has 15 heavy (non-hydrogen) atoms. The Morgan fingerprint density at radius 2 is 2.13 bits per heavy atom. The SMILES string of the molecule is NCCn1ccc2cc(F)ccc2c1=O. The molecule has 0 saturated carbocycles. The standard InChI is InChI=1S/C11H11FN2O/c12-9-1-2-10-8(7-9)3-5-14(6-4-13)11(10)15/h1-3,5,7H,4,6,13H2. The lowest BCUT2D eigenvalue weighted by molar-refractivity contribution is 0.629. The Labute approximate surface area is 85.9 Å². The number of rotatable bonds is 2. The van der Waals surface area contributed by atoms with Gasteiger partial charge in [0.15, 0.2) is 0 Å². The van der Waals surface area contributed by atoms with E-state index in [2.05, 4.69) is 0 Å². The van der Waals surface area contributed by atoms with Crippen LogP contribution in [0.2, 0.25) is 0 Å². The normalized spacial score (nSPS) is 10.8. The molecule has 4 heteroatoms. The first-order valence-corrected chi connectivity index (χ1v) is 4.71. The molecule has 1 heterocycles. The molecule has 2 N–H and O–H groups in total. The molecule has 1 aromatic carbocycles. The number of hydrogen-bond acceptors (Lipinski definition) is 2. The van der Waals surface area contributed by atoms with E-state index in [4.69, 9.17) is 5.73 Å². The number of nitrogens with zero attached hydrogens (tertiary/aromatic N) is 1. The topological polar surface area (TPSA) is 48.0 Å². The van der Waals surface area contributed by atoms with Gasteiger partial charge in [-0.1, -0.05) is 0 Å². The largest absolute Gasteiger partial charge is 0.329 e. The molecule has 0 bridgehead atoms. The van der Waals surface area contributed by atoms with Gasteiger partial charge in [0, 0.05) is 24.7 Å². The third-order valence-electron chi connectivity index (χ3n) is 2.31. The summed E-state index contributed by atoms with van der Waals surface area (Å²) >= 11 is 0. The zero-order chi connectivity index (χ0) is 10.8. The van der Waals surface area contributed by atoms with Crippen molar-refractivity contribution in [2.24, 2.45) is 5.73 Å². The number of fused-ring (bicyclic) bond motifs is 1. The quantitative estimate of drug-likeness (QED) is 0.799. The highest BCUT2D eigenvalue weighted by atomic mass is 19.1. The zero-order valence-corrected chi connectivity index (χ0v) is 8.11. The predicted octanol–water partition coefficient (Wildman–Crippen LogP) is 1.10. The van der Waals surface area contributed by atoms with E-state index in [0.717, 1.165) is 0 Å². The summed E-state index contributed by atoms with van der Waals surface area (Å²) in [6, 6.07) is 5.86. The number of benzene rings is 1. The van der Waals surface area contributed by atoms with E-state index in [-0.39, 0.29) is 11.4 Å². The average molecular weight is 206 g/mol. The van der Waals surface area contributed by atoms with E-state index in [0.29, 0.717) is 23.9 Å². The van der Waals surface area contributed by atoms with Crippen LogP contribution in [0.15, 0.2) is 35.3 Å². The fourth-order valence-corrected chi connectivity index (χ4v) is 1.57. The predicted molar refractivity (Wildman–Crippen MR) is 57.2 cm³/mol. The third kappa shape index (κ3) is 1.76. The second-order valence-corrected chi connectivity index (χ2v) is 3.33. The molecule has 0 amide bonds. The maximum absolute atomic E-state index is 12.9. The lowest BCUT2D eigenvalue weighted by Crippen LogP contribution is -2.23. The summed E-state index contributed by atoms with van der Waals surface area (Å²) in [5.41, 5.74) is 5.25. The summed E-state index contributed by atoms with van der Waals surface area (Å²) in [5.74, 6) is -0.335. The molecule has 0 atom stereocenters. The van der Waals surface area contributed by atoms with E-state index in [1.165, 1.54) is 22.8 Å². The number of hydrogen-bond donors (Lipinski definition) is 1. The van der Waals surface area contributed by atoms with Crippen molar-refractivity contribution >= 4 is 10.8 Å². The van der Waals surface area contributed by atoms with Crippen molar-refractivity contribution in [2.45, 2.75) is 6.54 Å². The highest BCUT2D eigenvalue weighted by Gasteiger charge is 2.02.